The van der Waals surface area contributed by atoms with Crippen molar-refractivity contribution >= 4 is 17.1 Å². The van der Waals surface area contributed by atoms with Crippen LogP contribution in [0.2, 0.25) is 5.02 Å². The average Bonchev–Trinajstić information content (AvgIpc) is 2.90. The maximum Gasteiger partial charge on any atom is 0.120 e. The molecule has 0 unspecified atom stereocenters. The second-order valence-electron chi connectivity index (χ2n) is 4.58. The van der Waals surface area contributed by atoms with Gasteiger partial charge in [0.2, 0.25) is 0 Å². The Morgan fingerprint density at radius 1 is 1.20 bits per heavy atom. The molecule has 3 rings (SSSR count). The predicted molar refractivity (Wildman–Crippen MR) is 81.6 cm³/mol. The summed E-state index contributed by atoms with van der Waals surface area (Å²) < 4.78 is 7.13. The van der Waals surface area contributed by atoms with Crippen molar-refractivity contribution in [3.8, 4) is 17.0 Å². The van der Waals surface area contributed by atoms with Crippen LogP contribution >= 0.6 is 11.6 Å². The minimum absolute atomic E-state index is 0.658. The highest BCUT2D eigenvalue weighted by Crippen LogP contribution is 2.31. The van der Waals surface area contributed by atoms with E-state index in [-0.39, 0.29) is 0 Å². The van der Waals surface area contributed by atoms with Crippen molar-refractivity contribution in [1.82, 2.24) is 9.61 Å². The molecule has 2 heterocycles. The standard InChI is InChI=1S/C16H15ClN2O/c1-3-11-9-12-5-4-6-16(19(12)18-11)14-8-7-13(20-2)10-15(14)17/h4-10H,3H2,1-2H3. The van der Waals surface area contributed by atoms with E-state index in [0.717, 1.165) is 34.6 Å². The van der Waals surface area contributed by atoms with E-state index in [1.165, 1.54) is 0 Å². The second kappa shape index (κ2) is 5.17. The number of nitrogens with zero attached hydrogens (tertiary/aromatic N) is 2. The van der Waals surface area contributed by atoms with Crippen LogP contribution in [0.5, 0.6) is 5.75 Å². The highest BCUT2D eigenvalue weighted by molar-refractivity contribution is 6.33. The molecule has 0 spiro atoms. The number of hydrogen-bond acceptors (Lipinski definition) is 2. The van der Waals surface area contributed by atoms with Crippen molar-refractivity contribution in [2.45, 2.75) is 13.3 Å². The molecule has 0 aliphatic heterocycles. The Balaban J connectivity index is 2.21. The van der Waals surface area contributed by atoms with Crippen LogP contribution in [0.15, 0.2) is 42.5 Å². The van der Waals surface area contributed by atoms with Crippen molar-refractivity contribution in [3.05, 3.63) is 53.2 Å². The van der Waals surface area contributed by atoms with E-state index < -0.39 is 0 Å². The van der Waals surface area contributed by atoms with Crippen molar-refractivity contribution in [2.75, 3.05) is 7.11 Å². The third-order valence-electron chi connectivity index (χ3n) is 3.35. The van der Waals surface area contributed by atoms with Gasteiger partial charge in [-0.15, -0.1) is 0 Å². The first-order valence-corrected chi connectivity index (χ1v) is 6.92. The summed E-state index contributed by atoms with van der Waals surface area (Å²) in [4.78, 5) is 0. The molecule has 0 aliphatic carbocycles. The molecule has 1 aromatic carbocycles. The highest BCUT2D eigenvalue weighted by atomic mass is 35.5. The van der Waals surface area contributed by atoms with Crippen LogP contribution in [0.3, 0.4) is 0 Å². The molecule has 2 aromatic heterocycles. The van der Waals surface area contributed by atoms with Gasteiger partial charge in [0.05, 0.1) is 29.0 Å². The Labute approximate surface area is 122 Å². The summed E-state index contributed by atoms with van der Waals surface area (Å²) in [5.41, 5.74) is 4.08. The van der Waals surface area contributed by atoms with Crippen LogP contribution in [0.1, 0.15) is 12.6 Å². The zero-order chi connectivity index (χ0) is 14.1. The minimum Gasteiger partial charge on any atom is -0.497 e. The van der Waals surface area contributed by atoms with Crippen molar-refractivity contribution in [1.29, 1.82) is 0 Å². The molecule has 3 aromatic rings. The molecule has 3 nitrogen and oxygen atoms in total. The number of methoxy groups -OCH3 is 1. The van der Waals surface area contributed by atoms with Gasteiger partial charge in [0.1, 0.15) is 5.75 Å². The van der Waals surface area contributed by atoms with Gasteiger partial charge in [-0.25, -0.2) is 4.52 Å². The molecule has 0 saturated heterocycles. The molecule has 102 valence electrons. The average molecular weight is 287 g/mol. The van der Waals surface area contributed by atoms with E-state index in [2.05, 4.69) is 18.1 Å². The van der Waals surface area contributed by atoms with Gasteiger partial charge in [0.15, 0.2) is 0 Å². The summed E-state index contributed by atoms with van der Waals surface area (Å²) in [6, 6.07) is 13.9. The van der Waals surface area contributed by atoms with E-state index in [9.17, 15) is 0 Å². The number of halogens is 1. The van der Waals surface area contributed by atoms with Gasteiger partial charge in [-0.2, -0.15) is 5.10 Å². The van der Waals surface area contributed by atoms with Gasteiger partial charge in [0, 0.05) is 5.56 Å². The number of fused-ring (bicyclic) bond motifs is 1. The molecule has 20 heavy (non-hydrogen) atoms. The molecule has 0 atom stereocenters. The van der Waals surface area contributed by atoms with Crippen molar-refractivity contribution in [3.63, 3.8) is 0 Å². The molecule has 0 amide bonds. The van der Waals surface area contributed by atoms with E-state index in [1.807, 2.05) is 40.9 Å². The van der Waals surface area contributed by atoms with E-state index in [0.29, 0.717) is 5.02 Å². The second-order valence-corrected chi connectivity index (χ2v) is 4.99. The van der Waals surface area contributed by atoms with Gasteiger partial charge in [-0.1, -0.05) is 24.6 Å². The number of ether oxygens (including phenoxy) is 1. The van der Waals surface area contributed by atoms with Gasteiger partial charge in [-0.3, -0.25) is 0 Å². The normalized spacial score (nSPS) is 10.9. The monoisotopic (exact) mass is 286 g/mol. The van der Waals surface area contributed by atoms with Crippen LogP contribution in [0.25, 0.3) is 16.8 Å². The fraction of sp³-hybridized carbons (Fsp3) is 0.188. The first-order chi connectivity index (χ1) is 9.72. The minimum atomic E-state index is 0.658. The number of hydrogen-bond donors (Lipinski definition) is 0. The summed E-state index contributed by atoms with van der Waals surface area (Å²) in [6.07, 6.45) is 0.914. The molecule has 0 N–H and O–H groups in total. The largest absolute Gasteiger partial charge is 0.497 e. The summed E-state index contributed by atoms with van der Waals surface area (Å²) >= 11 is 6.36. The lowest BCUT2D eigenvalue weighted by atomic mass is 10.1. The predicted octanol–water partition coefficient (Wildman–Crippen LogP) is 4.23. The Morgan fingerprint density at radius 3 is 2.75 bits per heavy atom. The fourth-order valence-electron chi connectivity index (χ4n) is 2.27. The highest BCUT2D eigenvalue weighted by Gasteiger charge is 2.10. The van der Waals surface area contributed by atoms with Crippen LogP contribution in [0, 0.1) is 0 Å². The van der Waals surface area contributed by atoms with Crippen LogP contribution in [-0.2, 0) is 6.42 Å². The Hall–Kier alpha value is -2.00. The molecular formula is C16H15ClN2O. The van der Waals surface area contributed by atoms with Crippen molar-refractivity contribution in [2.24, 2.45) is 0 Å². The zero-order valence-electron chi connectivity index (χ0n) is 11.4. The maximum atomic E-state index is 6.36. The third kappa shape index (κ3) is 2.14. The first-order valence-electron chi connectivity index (χ1n) is 6.54. The van der Waals surface area contributed by atoms with Crippen LogP contribution in [-0.4, -0.2) is 16.7 Å². The number of rotatable bonds is 3. The first kappa shape index (κ1) is 13.0. The van der Waals surface area contributed by atoms with E-state index in [1.54, 1.807) is 7.11 Å². The molecule has 0 fully saturated rings. The molecule has 0 aliphatic rings. The summed E-state index contributed by atoms with van der Waals surface area (Å²) in [7, 11) is 1.63. The number of aryl methyl sites for hydroxylation is 1. The molecule has 0 bridgehead atoms. The molecular weight excluding hydrogens is 272 g/mol. The summed E-state index contributed by atoms with van der Waals surface area (Å²) in [5, 5.41) is 5.28. The smallest absolute Gasteiger partial charge is 0.120 e. The quantitative estimate of drug-likeness (QED) is 0.720. The van der Waals surface area contributed by atoms with Crippen LogP contribution < -0.4 is 4.74 Å². The Morgan fingerprint density at radius 2 is 2.05 bits per heavy atom. The zero-order valence-corrected chi connectivity index (χ0v) is 12.2. The molecule has 4 heteroatoms. The topological polar surface area (TPSA) is 26.5 Å². The van der Waals surface area contributed by atoms with E-state index >= 15 is 0 Å². The Kier molecular flexibility index (Phi) is 3.36. The number of aromatic nitrogens is 2. The van der Waals surface area contributed by atoms with Crippen LogP contribution in [0.4, 0.5) is 0 Å². The SMILES string of the molecule is CCc1cc2cccc(-c3ccc(OC)cc3Cl)n2n1. The van der Waals surface area contributed by atoms with Gasteiger partial charge in [-0.05, 0) is 42.8 Å². The van der Waals surface area contributed by atoms with Gasteiger partial charge >= 0.3 is 0 Å². The van der Waals surface area contributed by atoms with Gasteiger partial charge < -0.3 is 4.74 Å². The molecule has 0 saturated carbocycles. The summed E-state index contributed by atoms with van der Waals surface area (Å²) in [5.74, 6) is 0.751. The number of benzene rings is 1. The van der Waals surface area contributed by atoms with Gasteiger partial charge in [0.25, 0.3) is 0 Å². The summed E-state index contributed by atoms with van der Waals surface area (Å²) in [6.45, 7) is 2.10. The Bertz CT molecular complexity index is 764. The fourth-order valence-corrected chi connectivity index (χ4v) is 2.54. The lowest BCUT2D eigenvalue weighted by molar-refractivity contribution is 0.415. The maximum absolute atomic E-state index is 6.36. The number of pyridine rings is 1. The van der Waals surface area contributed by atoms with E-state index in [4.69, 9.17) is 16.3 Å². The lowest BCUT2D eigenvalue weighted by Gasteiger charge is -2.08. The lowest BCUT2D eigenvalue weighted by Crippen LogP contribution is -1.95. The molecule has 0 radical (unpaired) electrons. The third-order valence-corrected chi connectivity index (χ3v) is 3.66. The van der Waals surface area contributed by atoms with Crippen molar-refractivity contribution < 1.29 is 4.74 Å².